The number of aromatic nitrogens is 5. The molecule has 3 heterocycles. The van der Waals surface area contributed by atoms with E-state index < -0.39 is 0 Å². The minimum Gasteiger partial charge on any atom is -0.461 e. The van der Waals surface area contributed by atoms with Gasteiger partial charge < -0.3 is 10.2 Å². The second-order valence-electron chi connectivity index (χ2n) is 5.07. The fraction of sp³-hybridized carbons (Fsp3) is 0.125. The molecule has 120 valence electrons. The van der Waals surface area contributed by atoms with Crippen LogP contribution in [0.5, 0.6) is 0 Å². The Bertz CT molecular complexity index is 952. The van der Waals surface area contributed by atoms with Gasteiger partial charge in [0.05, 0.1) is 6.26 Å². The van der Waals surface area contributed by atoms with Crippen LogP contribution in [-0.2, 0) is 6.42 Å². The first-order valence-corrected chi connectivity index (χ1v) is 8.39. The lowest BCUT2D eigenvalue weighted by Crippen LogP contribution is -2.05. The van der Waals surface area contributed by atoms with Crippen LogP contribution in [0.1, 0.15) is 5.56 Å². The van der Waals surface area contributed by atoms with Crippen molar-refractivity contribution in [3.05, 3.63) is 54.3 Å². The number of anilines is 1. The summed E-state index contributed by atoms with van der Waals surface area (Å²) >= 11 is 1.54. The molecular weight excluding hydrogens is 324 g/mol. The Hall–Kier alpha value is -2.87. The number of rotatable bonds is 5. The zero-order valence-electron chi connectivity index (χ0n) is 12.7. The smallest absolute Gasteiger partial charge is 0.258 e. The fourth-order valence-electron chi connectivity index (χ4n) is 2.27. The average Bonchev–Trinajstić information content (AvgIpc) is 3.25. The number of hydrogen-bond donors (Lipinski definition) is 1. The molecule has 0 spiro atoms. The van der Waals surface area contributed by atoms with E-state index in [4.69, 9.17) is 10.2 Å². The Morgan fingerprint density at radius 3 is 2.71 bits per heavy atom. The maximum Gasteiger partial charge on any atom is 0.258 e. The summed E-state index contributed by atoms with van der Waals surface area (Å²) in [5.41, 5.74) is 7.25. The molecule has 0 aliphatic rings. The van der Waals surface area contributed by atoms with Crippen LogP contribution < -0.4 is 5.73 Å². The summed E-state index contributed by atoms with van der Waals surface area (Å²) in [5.74, 6) is 2.54. The van der Waals surface area contributed by atoms with Gasteiger partial charge in [0, 0.05) is 5.75 Å². The van der Waals surface area contributed by atoms with Crippen molar-refractivity contribution in [1.82, 2.24) is 24.6 Å². The van der Waals surface area contributed by atoms with Crippen LogP contribution in [0.4, 0.5) is 5.95 Å². The molecule has 24 heavy (non-hydrogen) atoms. The molecule has 2 N–H and O–H groups in total. The SMILES string of the molecule is Nc1nc(SCCc2ccccc2)nc2nc(-c3ccco3)nn12. The summed E-state index contributed by atoms with van der Waals surface area (Å²) in [6, 6.07) is 13.9. The fourth-order valence-corrected chi connectivity index (χ4v) is 3.09. The van der Waals surface area contributed by atoms with Gasteiger partial charge in [-0.1, -0.05) is 42.1 Å². The molecule has 0 aliphatic carbocycles. The molecule has 4 rings (SSSR count). The Morgan fingerprint density at radius 1 is 1.04 bits per heavy atom. The van der Waals surface area contributed by atoms with Crippen molar-refractivity contribution in [2.24, 2.45) is 0 Å². The summed E-state index contributed by atoms with van der Waals surface area (Å²) in [7, 11) is 0. The van der Waals surface area contributed by atoms with E-state index in [-0.39, 0.29) is 5.95 Å². The molecule has 0 radical (unpaired) electrons. The zero-order valence-corrected chi connectivity index (χ0v) is 13.5. The predicted octanol–water partition coefficient (Wildman–Crippen LogP) is 2.70. The maximum atomic E-state index is 5.97. The number of fused-ring (bicyclic) bond motifs is 1. The molecule has 4 aromatic rings. The standard InChI is InChI=1S/C16H14N6OS/c17-14-19-16(24-10-8-11-5-2-1-3-6-11)20-15-18-13(21-22(14)15)12-7-4-9-23-12/h1-7,9H,8,10H2,(H2,17,18,19,20,21). The topological polar surface area (TPSA) is 95.1 Å². The minimum atomic E-state index is 0.257. The number of nitrogens with zero attached hydrogens (tertiary/aromatic N) is 5. The van der Waals surface area contributed by atoms with Crippen molar-refractivity contribution < 1.29 is 4.42 Å². The van der Waals surface area contributed by atoms with E-state index in [0.29, 0.717) is 22.5 Å². The van der Waals surface area contributed by atoms with Crippen LogP contribution in [0, 0.1) is 0 Å². The lowest BCUT2D eigenvalue weighted by Gasteiger charge is -2.02. The highest BCUT2D eigenvalue weighted by Gasteiger charge is 2.13. The molecule has 0 unspecified atom stereocenters. The maximum absolute atomic E-state index is 5.97. The lowest BCUT2D eigenvalue weighted by molar-refractivity contribution is 0.577. The van der Waals surface area contributed by atoms with Crippen LogP contribution in [0.3, 0.4) is 0 Å². The van der Waals surface area contributed by atoms with Crippen molar-refractivity contribution >= 4 is 23.5 Å². The number of thioether (sulfide) groups is 1. The first kappa shape index (κ1) is 14.7. The van der Waals surface area contributed by atoms with Gasteiger partial charge in [-0.05, 0) is 24.1 Å². The highest BCUT2D eigenvalue weighted by atomic mass is 32.2. The quantitative estimate of drug-likeness (QED) is 0.559. The van der Waals surface area contributed by atoms with Gasteiger partial charge in [-0.3, -0.25) is 0 Å². The number of hydrogen-bond acceptors (Lipinski definition) is 7. The minimum absolute atomic E-state index is 0.257. The van der Waals surface area contributed by atoms with Crippen molar-refractivity contribution in [2.75, 3.05) is 11.5 Å². The van der Waals surface area contributed by atoms with Gasteiger partial charge in [0.25, 0.3) is 5.78 Å². The number of nitrogens with two attached hydrogens (primary N) is 1. The van der Waals surface area contributed by atoms with Crippen LogP contribution in [0.15, 0.2) is 58.3 Å². The Labute approximate surface area is 141 Å². The summed E-state index contributed by atoms with van der Waals surface area (Å²) in [4.78, 5) is 13.1. The zero-order chi connectivity index (χ0) is 16.4. The van der Waals surface area contributed by atoms with Gasteiger partial charge in [0.2, 0.25) is 11.8 Å². The molecule has 0 bridgehead atoms. The van der Waals surface area contributed by atoms with E-state index in [0.717, 1.165) is 12.2 Å². The van der Waals surface area contributed by atoms with Gasteiger partial charge in [-0.15, -0.1) is 5.10 Å². The summed E-state index contributed by atoms with van der Waals surface area (Å²) in [6.07, 6.45) is 2.51. The molecular formula is C16H14N6OS. The van der Waals surface area contributed by atoms with Crippen molar-refractivity contribution in [2.45, 2.75) is 11.6 Å². The summed E-state index contributed by atoms with van der Waals surface area (Å²) < 4.78 is 6.72. The van der Waals surface area contributed by atoms with Crippen LogP contribution >= 0.6 is 11.8 Å². The van der Waals surface area contributed by atoms with Gasteiger partial charge in [-0.2, -0.15) is 19.5 Å². The van der Waals surface area contributed by atoms with Gasteiger partial charge >= 0.3 is 0 Å². The molecule has 0 saturated heterocycles. The van der Waals surface area contributed by atoms with Crippen molar-refractivity contribution in [1.29, 1.82) is 0 Å². The predicted molar refractivity (Wildman–Crippen MR) is 91.6 cm³/mol. The summed E-state index contributed by atoms with van der Waals surface area (Å²) in [5, 5.41) is 4.87. The second kappa shape index (κ2) is 6.32. The van der Waals surface area contributed by atoms with E-state index in [1.165, 1.54) is 10.1 Å². The molecule has 0 aliphatic heterocycles. The largest absolute Gasteiger partial charge is 0.461 e. The molecule has 0 saturated carbocycles. The van der Waals surface area contributed by atoms with Crippen molar-refractivity contribution in [3.8, 4) is 11.6 Å². The summed E-state index contributed by atoms with van der Waals surface area (Å²) in [6.45, 7) is 0. The third kappa shape index (κ3) is 2.95. The van der Waals surface area contributed by atoms with Crippen molar-refractivity contribution in [3.63, 3.8) is 0 Å². The first-order chi connectivity index (χ1) is 11.8. The van der Waals surface area contributed by atoms with Gasteiger partial charge in [0.1, 0.15) is 0 Å². The van der Waals surface area contributed by atoms with E-state index in [1.54, 1.807) is 30.2 Å². The average molecular weight is 338 g/mol. The molecule has 7 nitrogen and oxygen atoms in total. The van der Waals surface area contributed by atoms with Crippen LogP contribution in [-0.4, -0.2) is 30.3 Å². The molecule has 8 heteroatoms. The van der Waals surface area contributed by atoms with Gasteiger partial charge in [0.15, 0.2) is 10.9 Å². The first-order valence-electron chi connectivity index (χ1n) is 7.40. The Kier molecular flexibility index (Phi) is 3.87. The molecule has 1 aromatic carbocycles. The normalized spacial score (nSPS) is 11.2. The monoisotopic (exact) mass is 338 g/mol. The molecule has 3 aromatic heterocycles. The Morgan fingerprint density at radius 2 is 1.92 bits per heavy atom. The molecule has 0 amide bonds. The van der Waals surface area contributed by atoms with E-state index in [1.807, 2.05) is 18.2 Å². The molecule has 0 atom stereocenters. The number of furan rings is 1. The number of nitrogen functional groups attached to an aromatic ring is 1. The highest BCUT2D eigenvalue weighted by Crippen LogP contribution is 2.20. The van der Waals surface area contributed by atoms with Crippen LogP contribution in [0.25, 0.3) is 17.4 Å². The second-order valence-corrected chi connectivity index (χ2v) is 6.14. The lowest BCUT2D eigenvalue weighted by atomic mass is 10.2. The van der Waals surface area contributed by atoms with Crippen LogP contribution in [0.2, 0.25) is 0 Å². The van der Waals surface area contributed by atoms with Gasteiger partial charge in [-0.25, -0.2) is 0 Å². The number of benzene rings is 1. The van der Waals surface area contributed by atoms with E-state index in [9.17, 15) is 0 Å². The third-order valence-corrected chi connectivity index (χ3v) is 4.27. The highest BCUT2D eigenvalue weighted by molar-refractivity contribution is 7.99. The Balaban J connectivity index is 1.54. The molecule has 0 fully saturated rings. The number of aryl methyl sites for hydroxylation is 1. The van der Waals surface area contributed by atoms with E-state index >= 15 is 0 Å². The third-order valence-electron chi connectivity index (χ3n) is 3.42. The van der Waals surface area contributed by atoms with E-state index in [2.05, 4.69) is 32.2 Å².